The van der Waals surface area contributed by atoms with Gasteiger partial charge in [-0.15, -0.1) is 11.3 Å². The highest BCUT2D eigenvalue weighted by Crippen LogP contribution is 2.28. The van der Waals surface area contributed by atoms with Gasteiger partial charge in [0.15, 0.2) is 0 Å². The third-order valence-electron chi connectivity index (χ3n) is 3.00. The summed E-state index contributed by atoms with van der Waals surface area (Å²) in [5, 5.41) is 4.52. The molecule has 1 amide bonds. The van der Waals surface area contributed by atoms with Crippen molar-refractivity contribution >= 4 is 27.3 Å². The molecule has 1 aromatic heterocycles. The van der Waals surface area contributed by atoms with Gasteiger partial charge in [-0.05, 0) is 38.1 Å². The van der Waals surface area contributed by atoms with Crippen molar-refractivity contribution in [2.45, 2.75) is 43.0 Å². The molecular weight excluding hydrogens is 284 g/mol. The van der Waals surface area contributed by atoms with E-state index >= 15 is 0 Å². The largest absolute Gasteiger partial charge is 0.353 e. The third kappa shape index (κ3) is 2.98. The molecule has 1 aliphatic rings. The van der Waals surface area contributed by atoms with Crippen LogP contribution in [-0.2, 0) is 14.8 Å². The quantitative estimate of drug-likeness (QED) is 0.915. The van der Waals surface area contributed by atoms with Crippen LogP contribution in [-0.4, -0.2) is 37.3 Å². The Hall–Kier alpha value is -0.920. The lowest BCUT2D eigenvalue weighted by atomic mass is 10.2. The zero-order valence-electron chi connectivity index (χ0n) is 11.0. The van der Waals surface area contributed by atoms with Gasteiger partial charge in [0.25, 0.3) is 10.0 Å². The first kappa shape index (κ1) is 14.5. The zero-order valence-corrected chi connectivity index (χ0v) is 12.6. The van der Waals surface area contributed by atoms with Gasteiger partial charge in [0.05, 0.1) is 0 Å². The Morgan fingerprint density at radius 2 is 2.26 bits per heavy atom. The van der Waals surface area contributed by atoms with E-state index in [2.05, 4.69) is 5.32 Å². The van der Waals surface area contributed by atoms with Crippen LogP contribution in [0.15, 0.2) is 21.7 Å². The fourth-order valence-electron chi connectivity index (χ4n) is 2.20. The van der Waals surface area contributed by atoms with Gasteiger partial charge in [-0.2, -0.15) is 4.31 Å². The molecule has 106 valence electrons. The van der Waals surface area contributed by atoms with Crippen molar-refractivity contribution in [3.8, 4) is 0 Å². The Balaban J connectivity index is 2.22. The number of sulfonamides is 1. The number of hydrogen-bond acceptors (Lipinski definition) is 4. The van der Waals surface area contributed by atoms with Crippen LogP contribution in [0.1, 0.15) is 26.7 Å². The van der Waals surface area contributed by atoms with Crippen LogP contribution in [0.5, 0.6) is 0 Å². The van der Waals surface area contributed by atoms with E-state index in [0.717, 1.165) is 6.42 Å². The van der Waals surface area contributed by atoms with Crippen molar-refractivity contribution in [3.63, 3.8) is 0 Å². The first-order valence-corrected chi connectivity index (χ1v) is 8.60. The Morgan fingerprint density at radius 1 is 1.53 bits per heavy atom. The maximum absolute atomic E-state index is 12.5. The minimum Gasteiger partial charge on any atom is -0.353 e. The van der Waals surface area contributed by atoms with E-state index in [9.17, 15) is 13.2 Å². The average molecular weight is 302 g/mol. The molecule has 5 nitrogen and oxygen atoms in total. The van der Waals surface area contributed by atoms with E-state index < -0.39 is 16.1 Å². The number of amides is 1. The Kier molecular flexibility index (Phi) is 4.27. The number of nitrogens with one attached hydrogen (secondary N) is 1. The van der Waals surface area contributed by atoms with Gasteiger partial charge >= 0.3 is 0 Å². The highest BCUT2D eigenvalue weighted by Gasteiger charge is 2.39. The highest BCUT2D eigenvalue weighted by atomic mass is 32.2. The van der Waals surface area contributed by atoms with Crippen molar-refractivity contribution in [2.75, 3.05) is 6.54 Å². The lowest BCUT2D eigenvalue weighted by Crippen LogP contribution is -2.47. The molecule has 1 N–H and O–H groups in total. The summed E-state index contributed by atoms with van der Waals surface area (Å²) in [5.74, 6) is -0.201. The monoisotopic (exact) mass is 302 g/mol. The maximum atomic E-state index is 12.5. The lowest BCUT2D eigenvalue weighted by molar-refractivity contribution is -0.124. The van der Waals surface area contributed by atoms with Crippen molar-refractivity contribution in [1.82, 2.24) is 9.62 Å². The molecule has 0 aromatic carbocycles. The minimum atomic E-state index is -3.53. The van der Waals surface area contributed by atoms with E-state index in [4.69, 9.17) is 0 Å². The number of carbonyl (C=O) groups is 1. The van der Waals surface area contributed by atoms with E-state index in [0.29, 0.717) is 17.2 Å². The molecular formula is C12H18N2O3S2. The van der Waals surface area contributed by atoms with Gasteiger partial charge in [0.1, 0.15) is 10.3 Å². The summed E-state index contributed by atoms with van der Waals surface area (Å²) in [6, 6.07) is 2.72. The molecule has 1 aliphatic heterocycles. The first-order valence-electron chi connectivity index (χ1n) is 6.28. The molecule has 0 aliphatic carbocycles. The third-order valence-corrected chi connectivity index (χ3v) is 6.28. The van der Waals surface area contributed by atoms with Crippen LogP contribution in [0.4, 0.5) is 0 Å². The van der Waals surface area contributed by atoms with E-state index in [1.54, 1.807) is 17.5 Å². The van der Waals surface area contributed by atoms with Crippen molar-refractivity contribution < 1.29 is 13.2 Å². The number of rotatable bonds is 4. The van der Waals surface area contributed by atoms with Crippen LogP contribution in [0, 0.1) is 0 Å². The molecule has 1 aromatic rings. The molecule has 2 heterocycles. The molecule has 2 rings (SSSR count). The lowest BCUT2D eigenvalue weighted by Gasteiger charge is -2.23. The molecule has 0 radical (unpaired) electrons. The molecule has 0 spiro atoms. The van der Waals surface area contributed by atoms with Crippen LogP contribution in [0.3, 0.4) is 0 Å². The smallest absolute Gasteiger partial charge is 0.253 e. The fourth-order valence-corrected chi connectivity index (χ4v) is 4.97. The van der Waals surface area contributed by atoms with Crippen LogP contribution >= 0.6 is 11.3 Å². The van der Waals surface area contributed by atoms with E-state index in [1.807, 2.05) is 13.8 Å². The second-order valence-electron chi connectivity index (χ2n) is 4.87. The normalized spacial score (nSPS) is 20.9. The second kappa shape index (κ2) is 5.60. The zero-order chi connectivity index (χ0) is 14.0. The molecule has 1 atom stereocenters. The Labute approximate surface area is 117 Å². The molecule has 19 heavy (non-hydrogen) atoms. The summed E-state index contributed by atoms with van der Waals surface area (Å²) in [4.78, 5) is 12.1. The Morgan fingerprint density at radius 3 is 2.84 bits per heavy atom. The SMILES string of the molecule is CC(C)NC(=O)C1CCCN1S(=O)(=O)c1cccs1. The van der Waals surface area contributed by atoms with Gasteiger partial charge in [-0.1, -0.05) is 6.07 Å². The van der Waals surface area contributed by atoms with Crippen molar-refractivity contribution in [3.05, 3.63) is 17.5 Å². The number of thiophene rings is 1. The summed E-state index contributed by atoms with van der Waals surface area (Å²) >= 11 is 1.18. The summed E-state index contributed by atoms with van der Waals surface area (Å²) in [7, 11) is -3.53. The van der Waals surface area contributed by atoms with E-state index in [1.165, 1.54) is 15.6 Å². The van der Waals surface area contributed by atoms with E-state index in [-0.39, 0.29) is 11.9 Å². The van der Waals surface area contributed by atoms with Crippen LogP contribution in [0.2, 0.25) is 0 Å². The molecule has 0 saturated carbocycles. The highest BCUT2D eigenvalue weighted by molar-refractivity contribution is 7.91. The summed E-state index contributed by atoms with van der Waals surface area (Å²) in [6.45, 7) is 4.15. The number of carbonyl (C=O) groups excluding carboxylic acids is 1. The average Bonchev–Trinajstić information content (AvgIpc) is 3.00. The molecule has 7 heteroatoms. The second-order valence-corrected chi connectivity index (χ2v) is 7.93. The molecule has 1 unspecified atom stereocenters. The van der Waals surface area contributed by atoms with Crippen molar-refractivity contribution in [1.29, 1.82) is 0 Å². The predicted molar refractivity (Wildman–Crippen MR) is 74.5 cm³/mol. The van der Waals surface area contributed by atoms with Gasteiger partial charge < -0.3 is 5.32 Å². The van der Waals surface area contributed by atoms with Gasteiger partial charge in [-0.25, -0.2) is 8.42 Å². The number of nitrogens with zero attached hydrogens (tertiary/aromatic N) is 1. The van der Waals surface area contributed by atoms with Crippen molar-refractivity contribution in [2.24, 2.45) is 0 Å². The van der Waals surface area contributed by atoms with Gasteiger partial charge in [-0.3, -0.25) is 4.79 Å². The van der Waals surface area contributed by atoms with Crippen LogP contribution in [0.25, 0.3) is 0 Å². The molecule has 1 saturated heterocycles. The summed E-state index contributed by atoms with van der Waals surface area (Å²) in [5.41, 5.74) is 0. The molecule has 0 bridgehead atoms. The minimum absolute atomic E-state index is 0.0133. The Bertz CT molecular complexity index is 537. The topological polar surface area (TPSA) is 66.5 Å². The maximum Gasteiger partial charge on any atom is 0.253 e. The predicted octanol–water partition coefficient (Wildman–Crippen LogP) is 1.43. The first-order chi connectivity index (χ1) is 8.93. The standard InChI is InChI=1S/C12H18N2O3S2/c1-9(2)13-12(15)10-5-3-7-14(10)19(16,17)11-6-4-8-18-11/h4,6,8-10H,3,5,7H2,1-2H3,(H,13,15). The van der Waals surface area contributed by atoms with Gasteiger partial charge in [0.2, 0.25) is 5.91 Å². The summed E-state index contributed by atoms with van der Waals surface area (Å²) < 4.78 is 26.5. The van der Waals surface area contributed by atoms with Gasteiger partial charge in [0, 0.05) is 12.6 Å². The number of hydrogen-bond donors (Lipinski definition) is 1. The van der Waals surface area contributed by atoms with Crippen LogP contribution < -0.4 is 5.32 Å². The fraction of sp³-hybridized carbons (Fsp3) is 0.583. The summed E-state index contributed by atoms with van der Waals surface area (Å²) in [6.07, 6.45) is 1.31. The molecule has 1 fully saturated rings.